The summed E-state index contributed by atoms with van der Waals surface area (Å²) in [5.41, 5.74) is 0. The maximum atomic E-state index is 11.8. The zero-order valence-corrected chi connectivity index (χ0v) is 10.2. The standard InChI is InChI=1S/C9H20N2O3S/c1-10-5-8-15(12,13)11-6-3-9(14-2)4-7-11/h9-10H,3-8H2,1-2H3. The van der Waals surface area contributed by atoms with Gasteiger partial charge in [0.15, 0.2) is 0 Å². The van der Waals surface area contributed by atoms with Crippen molar-refractivity contribution >= 4 is 10.0 Å². The van der Waals surface area contributed by atoms with E-state index in [0.29, 0.717) is 19.6 Å². The molecule has 1 rings (SSSR count). The fourth-order valence-corrected chi connectivity index (χ4v) is 3.19. The van der Waals surface area contributed by atoms with Crippen molar-refractivity contribution in [3.63, 3.8) is 0 Å². The third kappa shape index (κ3) is 3.71. The highest BCUT2D eigenvalue weighted by atomic mass is 32.2. The number of rotatable bonds is 5. The Morgan fingerprint density at radius 1 is 1.40 bits per heavy atom. The Balaban J connectivity index is 2.45. The van der Waals surface area contributed by atoms with E-state index in [1.165, 1.54) is 0 Å². The Morgan fingerprint density at radius 2 is 2.00 bits per heavy atom. The van der Waals surface area contributed by atoms with Crippen LogP contribution in [0.15, 0.2) is 0 Å². The summed E-state index contributed by atoms with van der Waals surface area (Å²) in [7, 11) is 0.371. The third-order valence-corrected chi connectivity index (χ3v) is 4.61. The molecule has 15 heavy (non-hydrogen) atoms. The summed E-state index contributed by atoms with van der Waals surface area (Å²) in [6.45, 7) is 1.68. The fourth-order valence-electron chi connectivity index (χ4n) is 1.71. The predicted molar refractivity (Wildman–Crippen MR) is 59.3 cm³/mol. The van der Waals surface area contributed by atoms with Gasteiger partial charge in [-0.15, -0.1) is 0 Å². The van der Waals surface area contributed by atoms with Gasteiger partial charge >= 0.3 is 0 Å². The number of hydrogen-bond acceptors (Lipinski definition) is 4. The van der Waals surface area contributed by atoms with E-state index in [0.717, 1.165) is 12.8 Å². The quantitative estimate of drug-likeness (QED) is 0.708. The number of nitrogens with zero attached hydrogens (tertiary/aromatic N) is 1. The lowest BCUT2D eigenvalue weighted by molar-refractivity contribution is 0.0604. The highest BCUT2D eigenvalue weighted by molar-refractivity contribution is 7.89. The molecule has 0 spiro atoms. The Morgan fingerprint density at radius 3 is 2.47 bits per heavy atom. The highest BCUT2D eigenvalue weighted by Gasteiger charge is 2.27. The molecule has 90 valence electrons. The molecule has 1 N–H and O–H groups in total. The number of sulfonamides is 1. The molecular weight excluding hydrogens is 216 g/mol. The summed E-state index contributed by atoms with van der Waals surface area (Å²) in [5, 5.41) is 2.85. The van der Waals surface area contributed by atoms with Gasteiger partial charge in [-0.05, 0) is 19.9 Å². The number of hydrogen-bond donors (Lipinski definition) is 1. The largest absolute Gasteiger partial charge is 0.381 e. The van der Waals surface area contributed by atoms with E-state index in [1.54, 1.807) is 18.5 Å². The summed E-state index contributed by atoms with van der Waals surface area (Å²) in [4.78, 5) is 0. The molecule has 0 amide bonds. The molecule has 0 radical (unpaired) electrons. The van der Waals surface area contributed by atoms with Crippen LogP contribution in [-0.2, 0) is 14.8 Å². The molecule has 0 aromatic carbocycles. The molecule has 0 bridgehead atoms. The van der Waals surface area contributed by atoms with Gasteiger partial charge in [0.1, 0.15) is 0 Å². The van der Waals surface area contributed by atoms with Crippen molar-refractivity contribution in [2.45, 2.75) is 18.9 Å². The average Bonchev–Trinajstić information content (AvgIpc) is 2.26. The van der Waals surface area contributed by atoms with E-state index >= 15 is 0 Å². The van der Waals surface area contributed by atoms with E-state index in [-0.39, 0.29) is 11.9 Å². The summed E-state index contributed by atoms with van der Waals surface area (Å²) in [6.07, 6.45) is 1.82. The van der Waals surface area contributed by atoms with Gasteiger partial charge in [0.05, 0.1) is 11.9 Å². The minimum Gasteiger partial charge on any atom is -0.381 e. The van der Waals surface area contributed by atoms with E-state index in [2.05, 4.69) is 5.32 Å². The SMILES string of the molecule is CNCCS(=O)(=O)N1CCC(OC)CC1. The maximum absolute atomic E-state index is 11.8. The van der Waals surface area contributed by atoms with Crippen LogP contribution in [-0.4, -0.2) is 58.4 Å². The van der Waals surface area contributed by atoms with Crippen LogP contribution in [0.4, 0.5) is 0 Å². The summed E-state index contributed by atoms with van der Waals surface area (Å²) < 4.78 is 30.3. The van der Waals surface area contributed by atoms with Crippen LogP contribution in [0.1, 0.15) is 12.8 Å². The van der Waals surface area contributed by atoms with Gasteiger partial charge in [-0.3, -0.25) is 0 Å². The van der Waals surface area contributed by atoms with E-state index in [1.807, 2.05) is 0 Å². The van der Waals surface area contributed by atoms with E-state index < -0.39 is 10.0 Å². The molecule has 0 atom stereocenters. The molecule has 5 nitrogen and oxygen atoms in total. The lowest BCUT2D eigenvalue weighted by atomic mass is 10.1. The minimum absolute atomic E-state index is 0.182. The van der Waals surface area contributed by atoms with E-state index in [4.69, 9.17) is 4.74 Å². The van der Waals surface area contributed by atoms with Crippen LogP contribution in [0, 0.1) is 0 Å². The Bertz CT molecular complexity index is 271. The lowest BCUT2D eigenvalue weighted by Crippen LogP contribution is -2.42. The molecule has 0 unspecified atom stereocenters. The first kappa shape index (κ1) is 12.9. The first-order valence-corrected chi connectivity index (χ1v) is 6.86. The Hall–Kier alpha value is -0.170. The molecule has 1 aliphatic rings. The van der Waals surface area contributed by atoms with Crippen LogP contribution in [0.25, 0.3) is 0 Å². The summed E-state index contributed by atoms with van der Waals surface area (Å²) >= 11 is 0. The molecule has 1 heterocycles. The monoisotopic (exact) mass is 236 g/mol. The molecular formula is C9H20N2O3S. The number of nitrogens with one attached hydrogen (secondary N) is 1. The van der Waals surface area contributed by atoms with Crippen LogP contribution in [0.2, 0.25) is 0 Å². The number of ether oxygens (including phenoxy) is 1. The van der Waals surface area contributed by atoms with Crippen molar-refractivity contribution in [2.75, 3.05) is 39.5 Å². The van der Waals surface area contributed by atoms with Crippen LogP contribution in [0.5, 0.6) is 0 Å². The zero-order valence-electron chi connectivity index (χ0n) is 9.40. The molecule has 6 heteroatoms. The van der Waals surface area contributed by atoms with E-state index in [9.17, 15) is 8.42 Å². The van der Waals surface area contributed by atoms with Crippen LogP contribution < -0.4 is 5.32 Å². The third-order valence-electron chi connectivity index (χ3n) is 2.74. The van der Waals surface area contributed by atoms with Crippen molar-refractivity contribution in [1.29, 1.82) is 0 Å². The van der Waals surface area contributed by atoms with Gasteiger partial charge in [-0.2, -0.15) is 0 Å². The predicted octanol–water partition coefficient (Wildman–Crippen LogP) is -0.354. The smallest absolute Gasteiger partial charge is 0.215 e. The van der Waals surface area contributed by atoms with Gasteiger partial charge in [0.25, 0.3) is 0 Å². The molecule has 0 saturated carbocycles. The fraction of sp³-hybridized carbons (Fsp3) is 1.00. The van der Waals surface area contributed by atoms with Crippen LogP contribution in [0.3, 0.4) is 0 Å². The molecule has 0 aliphatic carbocycles. The van der Waals surface area contributed by atoms with Crippen molar-refractivity contribution in [3.8, 4) is 0 Å². The second-order valence-electron chi connectivity index (χ2n) is 3.75. The van der Waals surface area contributed by atoms with Crippen LogP contribution >= 0.6 is 0 Å². The van der Waals surface area contributed by atoms with Gasteiger partial charge in [-0.25, -0.2) is 12.7 Å². The second-order valence-corrected chi connectivity index (χ2v) is 5.84. The van der Waals surface area contributed by atoms with Crippen molar-refractivity contribution < 1.29 is 13.2 Å². The molecule has 0 aromatic heterocycles. The van der Waals surface area contributed by atoms with Gasteiger partial charge in [0, 0.05) is 26.7 Å². The topological polar surface area (TPSA) is 58.6 Å². The molecule has 1 aliphatic heterocycles. The number of methoxy groups -OCH3 is 1. The Labute approximate surface area is 91.8 Å². The first-order chi connectivity index (χ1) is 7.10. The zero-order chi connectivity index (χ0) is 11.3. The van der Waals surface area contributed by atoms with Gasteiger partial charge in [0.2, 0.25) is 10.0 Å². The average molecular weight is 236 g/mol. The minimum atomic E-state index is -3.06. The first-order valence-electron chi connectivity index (χ1n) is 5.25. The summed E-state index contributed by atoms with van der Waals surface area (Å²) in [5.74, 6) is 0.182. The highest BCUT2D eigenvalue weighted by Crippen LogP contribution is 2.15. The Kier molecular flexibility index (Phi) is 4.98. The van der Waals surface area contributed by atoms with Gasteiger partial charge in [-0.1, -0.05) is 0 Å². The van der Waals surface area contributed by atoms with Crippen molar-refractivity contribution in [3.05, 3.63) is 0 Å². The molecule has 0 aromatic rings. The van der Waals surface area contributed by atoms with Crippen molar-refractivity contribution in [1.82, 2.24) is 9.62 Å². The normalized spacial score (nSPS) is 20.7. The maximum Gasteiger partial charge on any atom is 0.215 e. The van der Waals surface area contributed by atoms with Gasteiger partial charge < -0.3 is 10.1 Å². The molecule has 1 saturated heterocycles. The molecule has 1 fully saturated rings. The summed E-state index contributed by atoms with van der Waals surface area (Å²) in [6, 6.07) is 0. The number of piperidine rings is 1. The van der Waals surface area contributed by atoms with Crippen molar-refractivity contribution in [2.24, 2.45) is 0 Å². The lowest BCUT2D eigenvalue weighted by Gasteiger charge is -2.30. The second kappa shape index (κ2) is 5.79.